The monoisotopic (exact) mass is 312 g/mol. The molecular weight excluding hydrogens is 288 g/mol. The molecule has 1 aromatic carbocycles. The van der Waals surface area contributed by atoms with Crippen LogP contribution < -0.4 is 16.6 Å². The summed E-state index contributed by atoms with van der Waals surface area (Å²) >= 11 is 0. The van der Waals surface area contributed by atoms with Crippen LogP contribution in [0.25, 0.3) is 0 Å². The van der Waals surface area contributed by atoms with Gasteiger partial charge in [0.1, 0.15) is 5.25 Å². The third-order valence-corrected chi connectivity index (χ3v) is 6.23. The number of hydrazine groups is 1. The Morgan fingerprint density at radius 1 is 1.29 bits per heavy atom. The number of benzene rings is 1. The zero-order valence-electron chi connectivity index (χ0n) is 12.3. The molecule has 6 nitrogen and oxygen atoms in total. The van der Waals surface area contributed by atoms with Crippen LogP contribution in [0.1, 0.15) is 12.5 Å². The van der Waals surface area contributed by atoms with Crippen molar-refractivity contribution in [2.24, 2.45) is 5.73 Å². The van der Waals surface area contributed by atoms with Crippen molar-refractivity contribution < 1.29 is 8.42 Å². The number of sulfonamides is 1. The van der Waals surface area contributed by atoms with Crippen LogP contribution in [0.4, 0.5) is 0 Å². The average Bonchev–Trinajstić information content (AvgIpc) is 2.91. The topological polar surface area (TPSA) is 87.5 Å². The highest BCUT2D eigenvalue weighted by Crippen LogP contribution is 2.15. The summed E-state index contributed by atoms with van der Waals surface area (Å²) in [4.78, 5) is 0. The smallest absolute Gasteiger partial charge is 0.219 e. The number of rotatable bonds is 7. The van der Waals surface area contributed by atoms with E-state index in [0.29, 0.717) is 32.6 Å². The molecule has 2 atom stereocenters. The zero-order valence-corrected chi connectivity index (χ0v) is 13.1. The Morgan fingerprint density at radius 3 is 2.57 bits per heavy atom. The molecule has 1 fully saturated rings. The molecule has 0 bridgehead atoms. The largest absolute Gasteiger partial charge is 0.329 e. The summed E-state index contributed by atoms with van der Waals surface area (Å²) in [5.41, 5.74) is 12.6. The van der Waals surface area contributed by atoms with Crippen molar-refractivity contribution in [2.75, 3.05) is 26.2 Å². The van der Waals surface area contributed by atoms with E-state index in [4.69, 9.17) is 5.73 Å². The lowest BCUT2D eigenvalue weighted by Gasteiger charge is -2.26. The van der Waals surface area contributed by atoms with Gasteiger partial charge in [0.05, 0.1) is 0 Å². The highest BCUT2D eigenvalue weighted by atomic mass is 32.2. The fourth-order valence-corrected chi connectivity index (χ4v) is 4.52. The molecule has 2 rings (SSSR count). The minimum Gasteiger partial charge on any atom is -0.329 e. The molecule has 1 aromatic rings. The molecule has 0 saturated carbocycles. The molecule has 21 heavy (non-hydrogen) atoms. The number of nitrogens with zero attached hydrogens (tertiary/aromatic N) is 1. The summed E-state index contributed by atoms with van der Waals surface area (Å²) in [6.45, 7) is 3.46. The lowest BCUT2D eigenvalue weighted by molar-refractivity contribution is 0.411. The number of nitrogens with two attached hydrogens (primary N) is 1. The van der Waals surface area contributed by atoms with Gasteiger partial charge in [0.15, 0.2) is 0 Å². The lowest BCUT2D eigenvalue weighted by atomic mass is 10.1. The van der Waals surface area contributed by atoms with Crippen LogP contribution in [0.15, 0.2) is 30.3 Å². The SMILES string of the molecule is CC1NNCC1S(=O)(=O)N(CCN)CCc1ccccc1. The molecule has 0 spiro atoms. The van der Waals surface area contributed by atoms with E-state index in [1.807, 2.05) is 37.3 Å². The molecule has 1 aliphatic rings. The Kier molecular flexibility index (Phi) is 5.72. The molecule has 0 aliphatic carbocycles. The molecule has 0 amide bonds. The van der Waals surface area contributed by atoms with Crippen molar-refractivity contribution in [3.8, 4) is 0 Å². The van der Waals surface area contributed by atoms with E-state index in [1.165, 1.54) is 4.31 Å². The van der Waals surface area contributed by atoms with Crippen molar-refractivity contribution in [1.29, 1.82) is 0 Å². The second-order valence-electron chi connectivity index (χ2n) is 5.32. The number of nitrogens with one attached hydrogen (secondary N) is 2. The normalized spacial score (nSPS) is 22.8. The third-order valence-electron chi connectivity index (χ3n) is 3.80. The first-order chi connectivity index (χ1) is 10.1. The number of hydrogen-bond donors (Lipinski definition) is 3. The minimum atomic E-state index is -3.35. The molecule has 2 unspecified atom stereocenters. The molecular formula is C14H24N4O2S. The molecule has 4 N–H and O–H groups in total. The average molecular weight is 312 g/mol. The van der Waals surface area contributed by atoms with Crippen LogP contribution in [0.2, 0.25) is 0 Å². The van der Waals surface area contributed by atoms with Gasteiger partial charge in [-0.15, -0.1) is 0 Å². The maximum absolute atomic E-state index is 12.7. The van der Waals surface area contributed by atoms with E-state index >= 15 is 0 Å². The van der Waals surface area contributed by atoms with Crippen LogP contribution in [0.3, 0.4) is 0 Å². The van der Waals surface area contributed by atoms with Crippen LogP contribution in [-0.4, -0.2) is 50.2 Å². The van der Waals surface area contributed by atoms with Gasteiger partial charge in [-0.05, 0) is 18.9 Å². The molecule has 0 radical (unpaired) electrons. The van der Waals surface area contributed by atoms with Crippen molar-refractivity contribution in [3.05, 3.63) is 35.9 Å². The van der Waals surface area contributed by atoms with Crippen LogP contribution in [0, 0.1) is 0 Å². The Morgan fingerprint density at radius 2 is 2.00 bits per heavy atom. The summed E-state index contributed by atoms with van der Waals surface area (Å²) in [5, 5.41) is -0.445. The molecule has 0 aromatic heterocycles. The van der Waals surface area contributed by atoms with Crippen molar-refractivity contribution in [1.82, 2.24) is 15.2 Å². The van der Waals surface area contributed by atoms with E-state index in [2.05, 4.69) is 10.9 Å². The fraction of sp³-hybridized carbons (Fsp3) is 0.571. The Hall–Kier alpha value is -0.990. The van der Waals surface area contributed by atoms with Crippen LogP contribution in [-0.2, 0) is 16.4 Å². The quantitative estimate of drug-likeness (QED) is 0.642. The van der Waals surface area contributed by atoms with Crippen LogP contribution >= 0.6 is 0 Å². The van der Waals surface area contributed by atoms with Gasteiger partial charge in [-0.25, -0.2) is 8.42 Å². The Balaban J connectivity index is 2.07. The zero-order chi connectivity index (χ0) is 15.3. The van der Waals surface area contributed by atoms with E-state index in [1.54, 1.807) is 0 Å². The third kappa shape index (κ3) is 4.02. The lowest BCUT2D eigenvalue weighted by Crippen LogP contribution is -2.46. The predicted molar refractivity (Wildman–Crippen MR) is 84.1 cm³/mol. The van der Waals surface area contributed by atoms with Crippen molar-refractivity contribution in [3.63, 3.8) is 0 Å². The number of hydrogen-bond acceptors (Lipinski definition) is 5. The maximum atomic E-state index is 12.7. The first-order valence-corrected chi connectivity index (χ1v) is 8.77. The van der Waals surface area contributed by atoms with Crippen molar-refractivity contribution in [2.45, 2.75) is 24.6 Å². The molecule has 1 aliphatic heterocycles. The highest BCUT2D eigenvalue weighted by Gasteiger charge is 2.38. The standard InChI is InChI=1S/C14H24N4O2S/c1-12-14(11-16-17-12)21(19,20)18(10-8-15)9-7-13-5-3-2-4-6-13/h2-6,12,14,16-17H,7-11,15H2,1H3. The van der Waals surface area contributed by atoms with E-state index in [0.717, 1.165) is 5.56 Å². The van der Waals surface area contributed by atoms with Gasteiger partial charge in [-0.1, -0.05) is 30.3 Å². The summed E-state index contributed by atoms with van der Waals surface area (Å²) in [7, 11) is -3.35. The molecule has 118 valence electrons. The van der Waals surface area contributed by atoms with Gasteiger partial charge in [0.25, 0.3) is 0 Å². The van der Waals surface area contributed by atoms with E-state index in [-0.39, 0.29) is 6.04 Å². The first-order valence-electron chi connectivity index (χ1n) is 7.27. The summed E-state index contributed by atoms with van der Waals surface area (Å²) in [6.07, 6.45) is 0.696. The second-order valence-corrected chi connectivity index (χ2v) is 7.47. The van der Waals surface area contributed by atoms with Crippen LogP contribution in [0.5, 0.6) is 0 Å². The predicted octanol–water partition coefficient (Wildman–Crippen LogP) is -0.315. The molecule has 1 saturated heterocycles. The van der Waals surface area contributed by atoms with Gasteiger partial charge >= 0.3 is 0 Å². The summed E-state index contributed by atoms with van der Waals surface area (Å²) in [5.74, 6) is 0. The van der Waals surface area contributed by atoms with Gasteiger partial charge in [-0.3, -0.25) is 10.9 Å². The van der Waals surface area contributed by atoms with Gasteiger partial charge in [0, 0.05) is 32.2 Å². The Bertz CT molecular complexity index is 535. The maximum Gasteiger partial charge on any atom is 0.219 e. The van der Waals surface area contributed by atoms with E-state index in [9.17, 15) is 8.42 Å². The first kappa shape index (κ1) is 16.4. The van der Waals surface area contributed by atoms with Crippen molar-refractivity contribution >= 4 is 10.0 Å². The second kappa shape index (κ2) is 7.33. The highest BCUT2D eigenvalue weighted by molar-refractivity contribution is 7.89. The Labute approximate surface area is 126 Å². The summed E-state index contributed by atoms with van der Waals surface area (Å²) in [6, 6.07) is 9.79. The molecule has 7 heteroatoms. The van der Waals surface area contributed by atoms with E-state index < -0.39 is 15.3 Å². The fourth-order valence-electron chi connectivity index (χ4n) is 2.55. The molecule has 1 heterocycles. The summed E-state index contributed by atoms with van der Waals surface area (Å²) < 4.78 is 27.0. The van der Waals surface area contributed by atoms with Gasteiger partial charge in [-0.2, -0.15) is 4.31 Å². The minimum absolute atomic E-state index is 0.105. The van der Waals surface area contributed by atoms with Gasteiger partial charge < -0.3 is 5.73 Å². The van der Waals surface area contributed by atoms with Gasteiger partial charge in [0.2, 0.25) is 10.0 Å².